The summed E-state index contributed by atoms with van der Waals surface area (Å²) in [7, 11) is 0. The average molecular weight is 284 g/mol. The highest BCUT2D eigenvalue weighted by Crippen LogP contribution is 2.18. The van der Waals surface area contributed by atoms with Crippen LogP contribution >= 0.6 is 0 Å². The number of amides is 1. The summed E-state index contributed by atoms with van der Waals surface area (Å²) in [5.41, 5.74) is 0.202. The van der Waals surface area contributed by atoms with E-state index in [9.17, 15) is 9.59 Å². The normalized spacial score (nSPS) is 19.5. The number of carbonyl (C=O) groups is 1. The van der Waals surface area contributed by atoms with Crippen LogP contribution in [0.4, 0.5) is 0 Å². The molecule has 1 amide bonds. The first-order valence-corrected chi connectivity index (χ1v) is 7.56. The van der Waals surface area contributed by atoms with Crippen LogP contribution in [0, 0.1) is 5.92 Å². The zero-order valence-electron chi connectivity index (χ0n) is 12.3. The molecular weight excluding hydrogens is 264 g/mol. The SMILES string of the molecule is C[C@H]1CCCN(C(=O)c2cc3ccccc3c(=O)[nH]2)CC1. The van der Waals surface area contributed by atoms with Crippen LogP contribution in [0.5, 0.6) is 0 Å². The molecule has 0 spiro atoms. The Balaban J connectivity index is 1.92. The molecule has 0 saturated carbocycles. The van der Waals surface area contributed by atoms with Gasteiger partial charge in [0.15, 0.2) is 0 Å². The van der Waals surface area contributed by atoms with Crippen LogP contribution in [-0.2, 0) is 0 Å². The lowest BCUT2D eigenvalue weighted by atomic mass is 10.0. The van der Waals surface area contributed by atoms with E-state index in [1.54, 1.807) is 12.1 Å². The number of aromatic amines is 1. The maximum Gasteiger partial charge on any atom is 0.270 e. The van der Waals surface area contributed by atoms with Crippen LogP contribution in [0.25, 0.3) is 10.8 Å². The summed E-state index contributed by atoms with van der Waals surface area (Å²) < 4.78 is 0. The fourth-order valence-electron chi connectivity index (χ4n) is 2.96. The van der Waals surface area contributed by atoms with Gasteiger partial charge in [-0.15, -0.1) is 0 Å². The Bertz CT molecular complexity index is 720. The summed E-state index contributed by atoms with van der Waals surface area (Å²) in [5, 5.41) is 1.44. The fraction of sp³-hybridized carbons (Fsp3) is 0.412. The van der Waals surface area contributed by atoms with E-state index >= 15 is 0 Å². The van der Waals surface area contributed by atoms with Crippen molar-refractivity contribution in [1.82, 2.24) is 9.88 Å². The van der Waals surface area contributed by atoms with Gasteiger partial charge in [-0.1, -0.05) is 25.1 Å². The van der Waals surface area contributed by atoms with E-state index in [-0.39, 0.29) is 11.5 Å². The Morgan fingerprint density at radius 3 is 2.90 bits per heavy atom. The molecule has 1 aromatic heterocycles. The molecule has 0 radical (unpaired) electrons. The van der Waals surface area contributed by atoms with Gasteiger partial charge in [-0.05, 0) is 42.7 Å². The van der Waals surface area contributed by atoms with Crippen molar-refractivity contribution in [3.63, 3.8) is 0 Å². The average Bonchev–Trinajstić information content (AvgIpc) is 2.71. The first kappa shape index (κ1) is 13.9. The Hall–Kier alpha value is -2.10. The van der Waals surface area contributed by atoms with Crippen LogP contribution in [-0.4, -0.2) is 28.9 Å². The Labute approximate surface area is 123 Å². The number of benzene rings is 1. The number of hydrogen-bond acceptors (Lipinski definition) is 2. The zero-order valence-corrected chi connectivity index (χ0v) is 12.3. The summed E-state index contributed by atoms with van der Waals surface area (Å²) >= 11 is 0. The van der Waals surface area contributed by atoms with Gasteiger partial charge in [0.1, 0.15) is 5.69 Å². The molecule has 2 heterocycles. The van der Waals surface area contributed by atoms with Crippen molar-refractivity contribution in [2.75, 3.05) is 13.1 Å². The Morgan fingerprint density at radius 2 is 2.05 bits per heavy atom. The van der Waals surface area contributed by atoms with Crippen molar-refractivity contribution in [3.8, 4) is 0 Å². The van der Waals surface area contributed by atoms with Crippen molar-refractivity contribution in [1.29, 1.82) is 0 Å². The molecule has 1 aromatic carbocycles. The predicted octanol–water partition coefficient (Wildman–Crippen LogP) is 2.79. The second kappa shape index (κ2) is 5.72. The van der Waals surface area contributed by atoms with Crippen LogP contribution in [0.15, 0.2) is 35.1 Å². The van der Waals surface area contributed by atoms with Gasteiger partial charge in [0, 0.05) is 18.5 Å². The molecular formula is C17H20N2O2. The molecule has 1 fully saturated rings. The van der Waals surface area contributed by atoms with E-state index in [0.29, 0.717) is 17.0 Å². The van der Waals surface area contributed by atoms with Crippen molar-refractivity contribution in [3.05, 3.63) is 46.4 Å². The minimum atomic E-state index is -0.195. The van der Waals surface area contributed by atoms with E-state index in [1.807, 2.05) is 23.1 Å². The Morgan fingerprint density at radius 1 is 1.24 bits per heavy atom. The largest absolute Gasteiger partial charge is 0.337 e. The molecule has 110 valence electrons. The molecule has 0 aliphatic carbocycles. The van der Waals surface area contributed by atoms with Crippen LogP contribution in [0.1, 0.15) is 36.7 Å². The number of aromatic nitrogens is 1. The highest BCUT2D eigenvalue weighted by atomic mass is 16.2. The van der Waals surface area contributed by atoms with E-state index in [0.717, 1.165) is 37.7 Å². The molecule has 3 rings (SSSR count). The van der Waals surface area contributed by atoms with Gasteiger partial charge in [-0.25, -0.2) is 0 Å². The molecule has 4 nitrogen and oxygen atoms in total. The minimum absolute atomic E-state index is 0.0630. The summed E-state index contributed by atoms with van der Waals surface area (Å²) in [4.78, 5) is 29.3. The third-order valence-electron chi connectivity index (χ3n) is 4.29. The third kappa shape index (κ3) is 2.84. The van der Waals surface area contributed by atoms with Crippen molar-refractivity contribution >= 4 is 16.7 Å². The van der Waals surface area contributed by atoms with Gasteiger partial charge in [-0.3, -0.25) is 9.59 Å². The van der Waals surface area contributed by atoms with Gasteiger partial charge < -0.3 is 9.88 Å². The lowest BCUT2D eigenvalue weighted by Crippen LogP contribution is -2.33. The monoisotopic (exact) mass is 284 g/mol. The smallest absolute Gasteiger partial charge is 0.270 e. The summed E-state index contributed by atoms with van der Waals surface area (Å²) in [5.74, 6) is 0.602. The van der Waals surface area contributed by atoms with Gasteiger partial charge in [0.05, 0.1) is 0 Å². The van der Waals surface area contributed by atoms with Gasteiger partial charge in [0.25, 0.3) is 11.5 Å². The first-order chi connectivity index (χ1) is 10.1. The predicted molar refractivity (Wildman–Crippen MR) is 83.5 cm³/mol. The number of nitrogens with one attached hydrogen (secondary N) is 1. The molecule has 1 N–H and O–H groups in total. The molecule has 2 aromatic rings. The van der Waals surface area contributed by atoms with E-state index < -0.39 is 0 Å². The number of nitrogens with zero attached hydrogens (tertiary/aromatic N) is 1. The summed E-state index contributed by atoms with van der Waals surface area (Å²) in [6, 6.07) is 9.13. The Kier molecular flexibility index (Phi) is 3.78. The highest BCUT2D eigenvalue weighted by Gasteiger charge is 2.20. The molecule has 21 heavy (non-hydrogen) atoms. The second-order valence-electron chi connectivity index (χ2n) is 5.93. The molecule has 1 atom stereocenters. The van der Waals surface area contributed by atoms with Gasteiger partial charge >= 0.3 is 0 Å². The number of likely N-dealkylation sites (tertiary alicyclic amines) is 1. The van der Waals surface area contributed by atoms with Crippen molar-refractivity contribution in [2.24, 2.45) is 5.92 Å². The van der Waals surface area contributed by atoms with Crippen LogP contribution in [0.3, 0.4) is 0 Å². The number of pyridine rings is 1. The van der Waals surface area contributed by atoms with Gasteiger partial charge in [0.2, 0.25) is 0 Å². The maximum atomic E-state index is 12.6. The molecule has 1 aliphatic rings. The highest BCUT2D eigenvalue weighted by molar-refractivity contribution is 5.96. The summed E-state index contributed by atoms with van der Waals surface area (Å²) in [6.45, 7) is 3.78. The number of fused-ring (bicyclic) bond motifs is 1. The lowest BCUT2D eigenvalue weighted by molar-refractivity contribution is 0.0754. The van der Waals surface area contributed by atoms with E-state index in [1.165, 1.54) is 0 Å². The van der Waals surface area contributed by atoms with Crippen LogP contribution < -0.4 is 5.56 Å². The summed E-state index contributed by atoms with van der Waals surface area (Å²) in [6.07, 6.45) is 3.23. The van der Waals surface area contributed by atoms with Crippen molar-refractivity contribution < 1.29 is 4.79 Å². The van der Waals surface area contributed by atoms with E-state index in [2.05, 4.69) is 11.9 Å². The van der Waals surface area contributed by atoms with Crippen molar-refractivity contribution in [2.45, 2.75) is 26.2 Å². The quantitative estimate of drug-likeness (QED) is 0.875. The number of hydrogen-bond donors (Lipinski definition) is 1. The van der Waals surface area contributed by atoms with E-state index in [4.69, 9.17) is 0 Å². The maximum absolute atomic E-state index is 12.6. The minimum Gasteiger partial charge on any atom is -0.337 e. The number of rotatable bonds is 1. The number of H-pyrrole nitrogens is 1. The lowest BCUT2D eigenvalue weighted by Gasteiger charge is -2.20. The molecule has 0 bridgehead atoms. The standard InChI is InChI=1S/C17H20N2O2/c1-12-5-4-9-19(10-8-12)17(21)15-11-13-6-2-3-7-14(13)16(20)18-15/h2-3,6-7,11-12H,4-5,8-10H2,1H3,(H,18,20)/t12-/m0/s1. The molecule has 1 aliphatic heterocycles. The zero-order chi connectivity index (χ0) is 14.8. The molecule has 1 saturated heterocycles. The van der Waals surface area contributed by atoms with Gasteiger partial charge in [-0.2, -0.15) is 0 Å². The second-order valence-corrected chi connectivity index (χ2v) is 5.93. The molecule has 0 unspecified atom stereocenters. The number of carbonyl (C=O) groups excluding carboxylic acids is 1. The first-order valence-electron chi connectivity index (χ1n) is 7.56. The topological polar surface area (TPSA) is 53.2 Å². The molecule has 4 heteroatoms. The third-order valence-corrected chi connectivity index (χ3v) is 4.29. The fourth-order valence-corrected chi connectivity index (χ4v) is 2.96. The van der Waals surface area contributed by atoms with Crippen LogP contribution in [0.2, 0.25) is 0 Å².